The van der Waals surface area contributed by atoms with Crippen molar-refractivity contribution >= 4 is 0 Å². The first-order chi connectivity index (χ1) is 8.29. The predicted molar refractivity (Wildman–Crippen MR) is 63.3 cm³/mol. The fourth-order valence-corrected chi connectivity index (χ4v) is 1.63. The van der Waals surface area contributed by atoms with E-state index in [-0.39, 0.29) is 12.6 Å². The summed E-state index contributed by atoms with van der Waals surface area (Å²) in [5.41, 5.74) is 1.09. The van der Waals surface area contributed by atoms with Gasteiger partial charge in [0.15, 0.2) is 0 Å². The lowest BCUT2D eigenvalue weighted by Crippen LogP contribution is -2.17. The molecule has 0 saturated carbocycles. The van der Waals surface area contributed by atoms with Crippen molar-refractivity contribution < 1.29 is 9.52 Å². The molecule has 92 valence electrons. The largest absolute Gasteiger partial charge is 0.468 e. The van der Waals surface area contributed by atoms with Crippen molar-refractivity contribution in [1.82, 2.24) is 15.1 Å². The van der Waals surface area contributed by atoms with E-state index in [1.54, 1.807) is 17.1 Å². The standard InChI is InChI=1S/C12H17N3O2/c1-10(12-3-2-6-17-12)13-7-11-8-14-15(9-11)4-5-16/h2-3,6,8-10,13,16H,4-5,7H2,1H3. The van der Waals surface area contributed by atoms with Gasteiger partial charge in [-0.15, -0.1) is 0 Å². The topological polar surface area (TPSA) is 63.2 Å². The maximum Gasteiger partial charge on any atom is 0.120 e. The van der Waals surface area contributed by atoms with E-state index in [1.807, 2.05) is 18.3 Å². The highest BCUT2D eigenvalue weighted by molar-refractivity contribution is 5.06. The number of aliphatic hydroxyl groups excluding tert-OH is 1. The van der Waals surface area contributed by atoms with Crippen LogP contribution in [0.2, 0.25) is 0 Å². The summed E-state index contributed by atoms with van der Waals surface area (Å²) in [7, 11) is 0. The van der Waals surface area contributed by atoms with Crippen LogP contribution >= 0.6 is 0 Å². The van der Waals surface area contributed by atoms with Gasteiger partial charge in [0.2, 0.25) is 0 Å². The highest BCUT2D eigenvalue weighted by Crippen LogP contribution is 2.12. The number of hydrogen-bond acceptors (Lipinski definition) is 4. The fraction of sp³-hybridized carbons (Fsp3) is 0.417. The van der Waals surface area contributed by atoms with Gasteiger partial charge in [-0.25, -0.2) is 0 Å². The van der Waals surface area contributed by atoms with Gasteiger partial charge in [0.25, 0.3) is 0 Å². The van der Waals surface area contributed by atoms with Crippen LogP contribution in [0, 0.1) is 0 Å². The van der Waals surface area contributed by atoms with Crippen LogP contribution in [0.3, 0.4) is 0 Å². The van der Waals surface area contributed by atoms with Crippen LogP contribution in [-0.2, 0) is 13.1 Å². The van der Waals surface area contributed by atoms with E-state index in [1.165, 1.54) is 0 Å². The second-order valence-electron chi connectivity index (χ2n) is 3.95. The number of nitrogens with one attached hydrogen (secondary N) is 1. The number of aliphatic hydroxyl groups is 1. The Hall–Kier alpha value is -1.59. The second-order valence-corrected chi connectivity index (χ2v) is 3.95. The maximum absolute atomic E-state index is 8.78. The molecule has 0 radical (unpaired) electrons. The summed E-state index contributed by atoms with van der Waals surface area (Å²) in [5.74, 6) is 0.924. The van der Waals surface area contributed by atoms with Crippen molar-refractivity contribution in [2.45, 2.75) is 26.1 Å². The molecule has 0 aliphatic carbocycles. The maximum atomic E-state index is 8.78. The molecule has 2 aromatic heterocycles. The molecule has 0 aliphatic heterocycles. The third-order valence-electron chi connectivity index (χ3n) is 2.60. The molecular formula is C12H17N3O2. The number of nitrogens with zero attached hydrogens (tertiary/aromatic N) is 2. The highest BCUT2D eigenvalue weighted by atomic mass is 16.3. The van der Waals surface area contributed by atoms with Crippen molar-refractivity contribution in [1.29, 1.82) is 0 Å². The first kappa shape index (κ1) is 11.9. The summed E-state index contributed by atoms with van der Waals surface area (Å²) in [4.78, 5) is 0. The Morgan fingerprint density at radius 3 is 3.18 bits per heavy atom. The van der Waals surface area contributed by atoms with Crippen LogP contribution in [0.5, 0.6) is 0 Å². The van der Waals surface area contributed by atoms with Crippen molar-refractivity contribution in [2.75, 3.05) is 6.61 Å². The Kier molecular flexibility index (Phi) is 3.95. The molecule has 0 saturated heterocycles. The molecule has 0 bridgehead atoms. The van der Waals surface area contributed by atoms with Gasteiger partial charge in [-0.3, -0.25) is 4.68 Å². The van der Waals surface area contributed by atoms with Crippen LogP contribution in [0.4, 0.5) is 0 Å². The summed E-state index contributed by atoms with van der Waals surface area (Å²) in [6, 6.07) is 4.01. The Morgan fingerprint density at radius 1 is 1.59 bits per heavy atom. The molecule has 2 aromatic rings. The first-order valence-corrected chi connectivity index (χ1v) is 5.68. The average molecular weight is 235 g/mol. The van der Waals surface area contributed by atoms with E-state index < -0.39 is 0 Å². The molecule has 0 aliphatic rings. The Labute approximate surface area is 100 Å². The van der Waals surface area contributed by atoms with Crippen molar-refractivity contribution in [2.24, 2.45) is 0 Å². The monoisotopic (exact) mass is 235 g/mol. The van der Waals surface area contributed by atoms with Gasteiger partial charge >= 0.3 is 0 Å². The lowest BCUT2D eigenvalue weighted by molar-refractivity contribution is 0.269. The molecule has 0 fully saturated rings. The van der Waals surface area contributed by atoms with E-state index in [9.17, 15) is 0 Å². The SMILES string of the molecule is CC(NCc1cnn(CCO)c1)c1ccco1. The van der Waals surface area contributed by atoms with Gasteiger partial charge in [0, 0.05) is 18.3 Å². The van der Waals surface area contributed by atoms with Gasteiger partial charge in [0.05, 0.1) is 31.7 Å². The molecule has 0 spiro atoms. The molecular weight excluding hydrogens is 218 g/mol. The third-order valence-corrected chi connectivity index (χ3v) is 2.60. The number of rotatable bonds is 6. The van der Waals surface area contributed by atoms with Gasteiger partial charge in [-0.05, 0) is 19.1 Å². The molecule has 1 unspecified atom stereocenters. The van der Waals surface area contributed by atoms with Gasteiger partial charge in [0.1, 0.15) is 5.76 Å². The summed E-state index contributed by atoms with van der Waals surface area (Å²) in [6.07, 6.45) is 5.41. The molecule has 1 atom stereocenters. The average Bonchev–Trinajstić information content (AvgIpc) is 2.97. The Bertz CT molecular complexity index is 436. The molecule has 5 nitrogen and oxygen atoms in total. The highest BCUT2D eigenvalue weighted by Gasteiger charge is 2.07. The van der Waals surface area contributed by atoms with Gasteiger partial charge < -0.3 is 14.8 Å². The minimum absolute atomic E-state index is 0.108. The first-order valence-electron chi connectivity index (χ1n) is 5.68. The predicted octanol–water partition coefficient (Wildman–Crippen LogP) is 1.32. The van der Waals surface area contributed by atoms with Crippen LogP contribution in [0.25, 0.3) is 0 Å². The van der Waals surface area contributed by atoms with Crippen LogP contribution < -0.4 is 5.32 Å². The van der Waals surface area contributed by atoms with Gasteiger partial charge in [-0.1, -0.05) is 0 Å². The van der Waals surface area contributed by atoms with E-state index in [4.69, 9.17) is 9.52 Å². The fourth-order valence-electron chi connectivity index (χ4n) is 1.63. The molecule has 17 heavy (non-hydrogen) atoms. The number of furan rings is 1. The Balaban J connectivity index is 1.84. The summed E-state index contributed by atoms with van der Waals surface area (Å²) in [5, 5.41) is 16.3. The quantitative estimate of drug-likeness (QED) is 0.792. The van der Waals surface area contributed by atoms with Crippen molar-refractivity contribution in [3.8, 4) is 0 Å². The minimum atomic E-state index is 0.108. The number of aromatic nitrogens is 2. The van der Waals surface area contributed by atoms with Crippen molar-refractivity contribution in [3.63, 3.8) is 0 Å². The minimum Gasteiger partial charge on any atom is -0.468 e. The van der Waals surface area contributed by atoms with E-state index in [2.05, 4.69) is 17.3 Å². The summed E-state index contributed by atoms with van der Waals surface area (Å²) >= 11 is 0. The lowest BCUT2D eigenvalue weighted by atomic mass is 10.2. The second kappa shape index (κ2) is 5.65. The molecule has 2 rings (SSSR count). The smallest absolute Gasteiger partial charge is 0.120 e. The normalized spacial score (nSPS) is 12.8. The zero-order valence-corrected chi connectivity index (χ0v) is 9.84. The Morgan fingerprint density at radius 2 is 2.47 bits per heavy atom. The van der Waals surface area contributed by atoms with Crippen LogP contribution in [0.15, 0.2) is 35.2 Å². The lowest BCUT2D eigenvalue weighted by Gasteiger charge is -2.09. The van der Waals surface area contributed by atoms with Crippen LogP contribution in [-0.4, -0.2) is 21.5 Å². The van der Waals surface area contributed by atoms with E-state index in [0.29, 0.717) is 6.54 Å². The third kappa shape index (κ3) is 3.18. The molecule has 2 heterocycles. The molecule has 2 N–H and O–H groups in total. The van der Waals surface area contributed by atoms with Crippen molar-refractivity contribution in [3.05, 3.63) is 42.1 Å². The van der Waals surface area contributed by atoms with E-state index in [0.717, 1.165) is 17.9 Å². The van der Waals surface area contributed by atoms with Gasteiger partial charge in [-0.2, -0.15) is 5.10 Å². The summed E-state index contributed by atoms with van der Waals surface area (Å²) in [6.45, 7) is 3.43. The zero-order valence-electron chi connectivity index (χ0n) is 9.84. The zero-order chi connectivity index (χ0) is 12.1. The number of hydrogen-bond donors (Lipinski definition) is 2. The summed E-state index contributed by atoms with van der Waals surface area (Å²) < 4.78 is 7.04. The van der Waals surface area contributed by atoms with Crippen LogP contribution in [0.1, 0.15) is 24.3 Å². The molecule has 0 amide bonds. The molecule has 0 aromatic carbocycles. The molecule has 5 heteroatoms. The van der Waals surface area contributed by atoms with E-state index >= 15 is 0 Å².